The summed E-state index contributed by atoms with van der Waals surface area (Å²) in [7, 11) is 1.11. The molecule has 0 N–H and O–H groups in total. The number of rotatable bonds is 5. The summed E-state index contributed by atoms with van der Waals surface area (Å²) in [6, 6.07) is 8.41. The molecule has 5 rings (SSSR count). The molecule has 1 aliphatic heterocycles. The molecule has 0 amide bonds. The van der Waals surface area contributed by atoms with E-state index < -0.39 is 40.3 Å². The van der Waals surface area contributed by atoms with Gasteiger partial charge in [-0.3, -0.25) is 10.1 Å². The van der Waals surface area contributed by atoms with Crippen molar-refractivity contribution >= 4 is 27.6 Å². The molecule has 0 bridgehead atoms. The molecule has 10 nitrogen and oxygen atoms in total. The van der Waals surface area contributed by atoms with Crippen molar-refractivity contribution in [3.05, 3.63) is 103 Å². The van der Waals surface area contributed by atoms with Crippen LogP contribution >= 0.6 is 15.9 Å². The van der Waals surface area contributed by atoms with E-state index in [0.717, 1.165) is 50.0 Å². The second-order valence-corrected chi connectivity index (χ2v) is 8.92. The molecule has 2 heterocycles. The number of fused-ring (bicyclic) bond motifs is 2. The van der Waals surface area contributed by atoms with Crippen molar-refractivity contribution in [2.45, 2.75) is 17.9 Å². The number of alkyl halides is 1. The highest BCUT2D eigenvalue weighted by Crippen LogP contribution is 2.59. The van der Waals surface area contributed by atoms with E-state index >= 15 is 4.39 Å². The summed E-state index contributed by atoms with van der Waals surface area (Å²) >= 11 is 3.29. The fourth-order valence-corrected chi connectivity index (χ4v) is 5.18. The van der Waals surface area contributed by atoms with Gasteiger partial charge < -0.3 is 18.9 Å². The molecule has 0 saturated heterocycles. The topological polar surface area (TPSA) is 134 Å². The van der Waals surface area contributed by atoms with Crippen LogP contribution in [0.5, 0.6) is 11.5 Å². The molecule has 38 heavy (non-hydrogen) atoms. The van der Waals surface area contributed by atoms with E-state index in [9.17, 15) is 24.6 Å². The molecule has 0 radical (unpaired) electrons. The number of methoxy groups -OCH3 is 1. The van der Waals surface area contributed by atoms with Gasteiger partial charge in [0.2, 0.25) is 0 Å². The average molecular weight is 586 g/mol. The molecular formula is C25H14BrF2N3O7. The second kappa shape index (κ2) is 9.38. The fraction of sp³-hybridized carbons (Fsp3) is 0.160. The number of nitro benzene ring substituents is 1. The number of carbonyl (C=O) groups is 1. The first-order chi connectivity index (χ1) is 18.2. The summed E-state index contributed by atoms with van der Waals surface area (Å²) in [5.41, 5.74) is -0.565. The van der Waals surface area contributed by atoms with Gasteiger partial charge in [0.15, 0.2) is 6.17 Å². The number of nitriles is 1. The Bertz CT molecular complexity index is 1570. The van der Waals surface area contributed by atoms with Gasteiger partial charge >= 0.3 is 11.8 Å². The zero-order valence-electron chi connectivity index (χ0n) is 19.2. The molecule has 0 fully saturated rings. The quantitative estimate of drug-likeness (QED) is 0.165. The summed E-state index contributed by atoms with van der Waals surface area (Å²) in [6.45, 7) is 0. The Labute approximate surface area is 221 Å². The first-order valence-electron chi connectivity index (χ1n) is 10.8. The predicted octanol–water partition coefficient (Wildman–Crippen LogP) is 5.50. The van der Waals surface area contributed by atoms with Gasteiger partial charge in [-0.1, -0.05) is 0 Å². The van der Waals surface area contributed by atoms with E-state index in [4.69, 9.17) is 18.9 Å². The van der Waals surface area contributed by atoms with Crippen LogP contribution in [0.3, 0.4) is 0 Å². The molecule has 2 atom stereocenters. The van der Waals surface area contributed by atoms with Gasteiger partial charge in [-0.05, 0) is 39.7 Å². The van der Waals surface area contributed by atoms with Gasteiger partial charge in [0.25, 0.3) is 5.69 Å². The lowest BCUT2D eigenvalue weighted by Crippen LogP contribution is -2.36. The fourth-order valence-electron chi connectivity index (χ4n) is 4.59. The molecule has 2 aromatic carbocycles. The van der Waals surface area contributed by atoms with Crippen molar-refractivity contribution in [2.75, 3.05) is 7.11 Å². The number of nitrogens with zero attached hydrogens (tertiary/aromatic N) is 3. The van der Waals surface area contributed by atoms with Crippen molar-refractivity contribution in [1.29, 1.82) is 5.26 Å². The maximum absolute atomic E-state index is 16.6. The van der Waals surface area contributed by atoms with Crippen LogP contribution in [0, 0.1) is 27.3 Å². The van der Waals surface area contributed by atoms with Gasteiger partial charge in [0.1, 0.15) is 34.4 Å². The Morgan fingerprint density at radius 3 is 2.66 bits per heavy atom. The van der Waals surface area contributed by atoms with Gasteiger partial charge in [0, 0.05) is 23.8 Å². The lowest BCUT2D eigenvalue weighted by molar-refractivity contribution is -0.384. The zero-order valence-corrected chi connectivity index (χ0v) is 20.8. The normalized spacial score (nSPS) is 18.3. The average Bonchev–Trinajstić information content (AvgIpc) is 3.49. The van der Waals surface area contributed by atoms with Crippen LogP contribution in [0.1, 0.15) is 38.5 Å². The molecule has 3 aromatic rings. The minimum atomic E-state index is -2.08. The minimum Gasteiger partial charge on any atom is -0.465 e. The third-order valence-electron chi connectivity index (χ3n) is 6.11. The van der Waals surface area contributed by atoms with E-state index in [1.54, 1.807) is 0 Å². The highest BCUT2D eigenvalue weighted by Gasteiger charge is 2.62. The third-order valence-corrected chi connectivity index (χ3v) is 6.71. The van der Waals surface area contributed by atoms with Crippen LogP contribution in [0.15, 0.2) is 59.7 Å². The van der Waals surface area contributed by atoms with Gasteiger partial charge in [0.05, 0.1) is 46.9 Å². The van der Waals surface area contributed by atoms with Crippen LogP contribution in [0.2, 0.25) is 0 Å². The maximum Gasteiger partial charge on any atom is 0.338 e. The highest BCUT2D eigenvalue weighted by molar-refractivity contribution is 9.10. The van der Waals surface area contributed by atoms with Gasteiger partial charge in [-0.25, -0.2) is 18.6 Å². The van der Waals surface area contributed by atoms with Gasteiger partial charge in [-0.15, -0.1) is 0 Å². The number of halogens is 3. The second-order valence-electron chi connectivity index (χ2n) is 8.17. The summed E-state index contributed by atoms with van der Waals surface area (Å²) < 4.78 is 52.7. The number of carbonyl (C=O) groups excluding carboxylic acids is 1. The summed E-state index contributed by atoms with van der Waals surface area (Å²) in [5, 5.41) is 20.8. The van der Waals surface area contributed by atoms with E-state index in [0.29, 0.717) is 0 Å². The molecular weight excluding hydrogens is 572 g/mol. The lowest BCUT2D eigenvalue weighted by atomic mass is 9.87. The van der Waals surface area contributed by atoms with E-state index in [2.05, 4.69) is 20.9 Å². The summed E-state index contributed by atoms with van der Waals surface area (Å²) in [5.74, 6) is -5.32. The largest absolute Gasteiger partial charge is 0.465 e. The predicted molar refractivity (Wildman–Crippen MR) is 127 cm³/mol. The number of nitro groups is 1. The Kier molecular flexibility index (Phi) is 6.20. The van der Waals surface area contributed by atoms with Crippen molar-refractivity contribution in [1.82, 2.24) is 4.98 Å². The molecule has 0 saturated carbocycles. The van der Waals surface area contributed by atoms with Crippen molar-refractivity contribution in [2.24, 2.45) is 0 Å². The molecule has 192 valence electrons. The first-order valence-corrected chi connectivity index (χ1v) is 11.6. The minimum absolute atomic E-state index is 0.0311. The van der Waals surface area contributed by atoms with Crippen LogP contribution < -0.4 is 4.74 Å². The van der Waals surface area contributed by atoms with E-state index in [1.807, 2.05) is 6.07 Å². The van der Waals surface area contributed by atoms with Crippen LogP contribution in [0.25, 0.3) is 0 Å². The number of non-ortho nitro benzene ring substituents is 1. The van der Waals surface area contributed by atoms with E-state index in [-0.39, 0.29) is 43.9 Å². The Morgan fingerprint density at radius 1 is 1.26 bits per heavy atom. The number of hydrogen-bond acceptors (Lipinski definition) is 9. The number of benzene rings is 2. The van der Waals surface area contributed by atoms with Gasteiger partial charge in [-0.2, -0.15) is 5.26 Å². The number of aromatic nitrogens is 1. The molecule has 1 aliphatic carbocycles. The molecule has 13 heteroatoms. The Morgan fingerprint density at radius 2 is 2.00 bits per heavy atom. The van der Waals surface area contributed by atoms with Crippen LogP contribution in [0.4, 0.5) is 14.5 Å². The number of esters is 1. The number of pyridine rings is 1. The molecule has 2 aliphatic rings. The van der Waals surface area contributed by atoms with Crippen molar-refractivity contribution in [3.63, 3.8) is 0 Å². The van der Waals surface area contributed by atoms with Crippen LogP contribution in [-0.4, -0.2) is 29.2 Å². The standard InChI is InChI=1S/C25H14BrF2N3O7/c1-35-24(32)16-3-2-14(31(33)34)9-17(16)19-20-18(38-15-7-12(10-29)6-13(27)8-15)11-30-23(26)21(20)25(22(19)28)36-4-5-37-25/h2-9,11,19,22H,1H3/t19-,22+/m0/s1. The lowest BCUT2D eigenvalue weighted by Gasteiger charge is -2.27. The van der Waals surface area contributed by atoms with Crippen molar-refractivity contribution in [3.8, 4) is 17.6 Å². The van der Waals surface area contributed by atoms with Crippen molar-refractivity contribution < 1.29 is 37.4 Å². The number of hydrogen-bond donors (Lipinski definition) is 0. The molecule has 1 aromatic heterocycles. The maximum atomic E-state index is 16.6. The highest BCUT2D eigenvalue weighted by atomic mass is 79.9. The van der Waals surface area contributed by atoms with E-state index in [1.165, 1.54) is 12.3 Å². The van der Waals surface area contributed by atoms with Crippen LogP contribution in [-0.2, 0) is 20.0 Å². The first kappa shape index (κ1) is 25.1. The smallest absolute Gasteiger partial charge is 0.338 e. The Hall–Kier alpha value is -4.57. The molecule has 1 spiro atoms. The molecule has 0 unspecified atom stereocenters. The Balaban J connectivity index is 1.78. The summed E-state index contributed by atoms with van der Waals surface area (Å²) in [4.78, 5) is 27.7. The summed E-state index contributed by atoms with van der Waals surface area (Å²) in [6.07, 6.45) is 1.39. The SMILES string of the molecule is COC(=O)c1ccc([N+](=O)[O-])cc1[C@H]1c2c(Oc3cc(F)cc(C#N)c3)cnc(Br)c2C2(OC=CO2)[C@@H]1F. The monoisotopic (exact) mass is 585 g/mol. The number of ether oxygens (including phenoxy) is 4. The third kappa shape index (κ3) is 3.90. The zero-order chi connectivity index (χ0) is 27.2.